The van der Waals surface area contributed by atoms with Crippen molar-refractivity contribution in [1.82, 2.24) is 0 Å². The third kappa shape index (κ3) is 1.37. The summed E-state index contributed by atoms with van der Waals surface area (Å²) in [6.07, 6.45) is 2.46. The van der Waals surface area contributed by atoms with Gasteiger partial charge in [0, 0.05) is 5.57 Å². The summed E-state index contributed by atoms with van der Waals surface area (Å²) in [4.78, 5) is 10.2. The zero-order valence-corrected chi connectivity index (χ0v) is 5.64. The van der Waals surface area contributed by atoms with Crippen molar-refractivity contribution >= 4 is 6.29 Å². The highest BCUT2D eigenvalue weighted by atomic mass is 16.5. The molecule has 1 unspecified atom stereocenters. The van der Waals surface area contributed by atoms with Crippen LogP contribution in [0.25, 0.3) is 0 Å². The predicted molar refractivity (Wildman–Crippen MR) is 36.5 cm³/mol. The molecule has 0 heterocycles. The van der Waals surface area contributed by atoms with E-state index in [1.165, 1.54) is 12.2 Å². The number of aliphatic hydroxyl groups excluding tert-OH is 1. The van der Waals surface area contributed by atoms with Gasteiger partial charge in [-0.05, 0) is 6.08 Å². The molecule has 0 aliphatic heterocycles. The maximum Gasteiger partial charge on any atom is 0.214 e. The summed E-state index contributed by atoms with van der Waals surface area (Å²) in [5.41, 5.74) is -0.0440. The quantitative estimate of drug-likeness (QED) is 0.326. The van der Waals surface area contributed by atoms with Crippen LogP contribution in [0.5, 0.6) is 0 Å². The van der Waals surface area contributed by atoms with Crippen LogP contribution in [0.2, 0.25) is 0 Å². The Kier molecular flexibility index (Phi) is 1.90. The lowest BCUT2D eigenvalue weighted by Gasteiger charge is -2.26. The molecule has 0 saturated carbocycles. The van der Waals surface area contributed by atoms with Gasteiger partial charge in [-0.3, -0.25) is 4.79 Å². The lowest BCUT2D eigenvalue weighted by atomic mass is 9.97. The summed E-state index contributed by atoms with van der Waals surface area (Å²) in [5, 5.41) is 27.0. The van der Waals surface area contributed by atoms with E-state index in [1.807, 2.05) is 0 Å². The van der Waals surface area contributed by atoms with Gasteiger partial charge >= 0.3 is 0 Å². The zero-order valence-electron chi connectivity index (χ0n) is 5.64. The summed E-state index contributed by atoms with van der Waals surface area (Å²) in [7, 11) is 0. The van der Waals surface area contributed by atoms with Gasteiger partial charge in [0.1, 0.15) is 12.4 Å². The van der Waals surface area contributed by atoms with Gasteiger partial charge in [0.25, 0.3) is 0 Å². The number of carbonyl (C=O) groups is 1. The first-order chi connectivity index (χ1) is 5.08. The van der Waals surface area contributed by atoms with Crippen LogP contribution in [-0.2, 0) is 4.79 Å². The second-order valence-corrected chi connectivity index (χ2v) is 2.33. The van der Waals surface area contributed by atoms with Crippen molar-refractivity contribution in [3.05, 3.63) is 23.8 Å². The number of carbonyl (C=O) groups excluding carboxylic acids is 1. The number of aliphatic hydroxyl groups is 3. The third-order valence-corrected chi connectivity index (χ3v) is 1.48. The molecular formula is C7H8O4. The number of rotatable bonds is 1. The Labute approximate surface area is 63.1 Å². The summed E-state index contributed by atoms with van der Waals surface area (Å²) in [6, 6.07) is 0. The average Bonchev–Trinajstić information content (AvgIpc) is 1.95. The number of hydrogen-bond acceptors (Lipinski definition) is 4. The highest BCUT2D eigenvalue weighted by Gasteiger charge is 2.34. The Morgan fingerprint density at radius 1 is 1.55 bits per heavy atom. The van der Waals surface area contributed by atoms with Gasteiger partial charge in [-0.15, -0.1) is 0 Å². The lowest BCUT2D eigenvalue weighted by molar-refractivity contribution is -0.178. The molecule has 1 aliphatic carbocycles. The van der Waals surface area contributed by atoms with Crippen LogP contribution in [0.15, 0.2) is 23.8 Å². The molecule has 1 aliphatic rings. The molecule has 4 heteroatoms. The van der Waals surface area contributed by atoms with Crippen LogP contribution in [0, 0.1) is 0 Å². The van der Waals surface area contributed by atoms with Gasteiger partial charge in [-0.2, -0.15) is 0 Å². The molecule has 0 amide bonds. The minimum atomic E-state index is -2.31. The summed E-state index contributed by atoms with van der Waals surface area (Å²) >= 11 is 0. The van der Waals surface area contributed by atoms with Crippen molar-refractivity contribution in [1.29, 1.82) is 0 Å². The Bertz CT molecular complexity index is 227. The molecule has 0 bridgehead atoms. The minimum absolute atomic E-state index is 0.0440. The van der Waals surface area contributed by atoms with Crippen molar-refractivity contribution in [2.75, 3.05) is 0 Å². The minimum Gasteiger partial charge on any atom is -0.382 e. The van der Waals surface area contributed by atoms with E-state index < -0.39 is 11.9 Å². The van der Waals surface area contributed by atoms with E-state index >= 15 is 0 Å². The largest absolute Gasteiger partial charge is 0.382 e. The van der Waals surface area contributed by atoms with Crippen molar-refractivity contribution in [3.63, 3.8) is 0 Å². The zero-order chi connectivity index (χ0) is 8.48. The molecule has 0 radical (unpaired) electrons. The maximum absolute atomic E-state index is 10.2. The van der Waals surface area contributed by atoms with Crippen LogP contribution < -0.4 is 0 Å². The van der Waals surface area contributed by atoms with Crippen molar-refractivity contribution < 1.29 is 20.1 Å². The smallest absolute Gasteiger partial charge is 0.214 e. The van der Waals surface area contributed by atoms with Crippen LogP contribution >= 0.6 is 0 Å². The van der Waals surface area contributed by atoms with Crippen LogP contribution in [0.1, 0.15) is 0 Å². The van der Waals surface area contributed by atoms with Gasteiger partial charge in [-0.25, -0.2) is 0 Å². The fourth-order valence-electron chi connectivity index (χ4n) is 0.832. The first kappa shape index (κ1) is 8.13. The highest BCUT2D eigenvalue weighted by molar-refractivity contribution is 5.76. The molecule has 0 aromatic rings. The summed E-state index contributed by atoms with van der Waals surface area (Å²) < 4.78 is 0. The van der Waals surface area contributed by atoms with Gasteiger partial charge < -0.3 is 15.3 Å². The Morgan fingerprint density at radius 2 is 2.18 bits per heavy atom. The fourth-order valence-corrected chi connectivity index (χ4v) is 0.832. The van der Waals surface area contributed by atoms with Crippen molar-refractivity contribution in [3.8, 4) is 0 Å². The second-order valence-electron chi connectivity index (χ2n) is 2.33. The summed E-state index contributed by atoms with van der Waals surface area (Å²) in [6.45, 7) is 0. The van der Waals surface area contributed by atoms with Gasteiger partial charge in [0.05, 0.1) is 0 Å². The fraction of sp³-hybridized carbons (Fsp3) is 0.286. The standard InChI is InChI=1S/C7H8O4/c8-4-5-2-1-3-7(10,11)6(5)9/h1-4,6,9-11H. The lowest BCUT2D eigenvalue weighted by Crippen LogP contribution is -2.43. The van der Waals surface area contributed by atoms with E-state index in [0.717, 1.165) is 6.08 Å². The molecule has 0 fully saturated rings. The van der Waals surface area contributed by atoms with E-state index in [2.05, 4.69) is 0 Å². The predicted octanol–water partition coefficient (Wildman–Crippen LogP) is -1.28. The first-order valence-electron chi connectivity index (χ1n) is 3.05. The second kappa shape index (κ2) is 2.58. The van der Waals surface area contributed by atoms with Crippen LogP contribution in [0.4, 0.5) is 0 Å². The SMILES string of the molecule is O=CC1=CC=CC(O)(O)C1O. The summed E-state index contributed by atoms with van der Waals surface area (Å²) in [5.74, 6) is -2.31. The van der Waals surface area contributed by atoms with Gasteiger partial charge in [0.2, 0.25) is 5.79 Å². The Balaban J connectivity index is 2.94. The van der Waals surface area contributed by atoms with Gasteiger partial charge in [-0.1, -0.05) is 12.2 Å². The van der Waals surface area contributed by atoms with Gasteiger partial charge in [0.15, 0.2) is 0 Å². The molecule has 0 aromatic heterocycles. The molecule has 0 saturated heterocycles. The van der Waals surface area contributed by atoms with Crippen LogP contribution in [-0.4, -0.2) is 33.5 Å². The Morgan fingerprint density at radius 3 is 2.64 bits per heavy atom. The van der Waals surface area contributed by atoms with E-state index in [9.17, 15) is 4.79 Å². The van der Waals surface area contributed by atoms with Crippen LogP contribution in [0.3, 0.4) is 0 Å². The van der Waals surface area contributed by atoms with Crippen molar-refractivity contribution in [2.45, 2.75) is 11.9 Å². The Hall–Kier alpha value is -0.970. The molecule has 60 valence electrons. The number of aldehydes is 1. The molecule has 11 heavy (non-hydrogen) atoms. The van der Waals surface area contributed by atoms with E-state index in [4.69, 9.17) is 15.3 Å². The maximum atomic E-state index is 10.2. The molecular weight excluding hydrogens is 148 g/mol. The normalized spacial score (nSPS) is 27.9. The monoisotopic (exact) mass is 156 g/mol. The topological polar surface area (TPSA) is 77.8 Å². The van der Waals surface area contributed by atoms with E-state index in [1.54, 1.807) is 0 Å². The molecule has 1 atom stereocenters. The average molecular weight is 156 g/mol. The highest BCUT2D eigenvalue weighted by Crippen LogP contribution is 2.19. The molecule has 0 spiro atoms. The molecule has 0 aromatic carbocycles. The molecule has 3 N–H and O–H groups in total. The number of hydrogen-bond donors (Lipinski definition) is 3. The third-order valence-electron chi connectivity index (χ3n) is 1.48. The first-order valence-corrected chi connectivity index (χ1v) is 3.05. The van der Waals surface area contributed by atoms with E-state index in [0.29, 0.717) is 6.29 Å². The number of allylic oxidation sites excluding steroid dienone is 2. The van der Waals surface area contributed by atoms with E-state index in [-0.39, 0.29) is 5.57 Å². The molecule has 1 rings (SSSR count). The molecule has 4 nitrogen and oxygen atoms in total. The van der Waals surface area contributed by atoms with Crippen molar-refractivity contribution in [2.24, 2.45) is 0 Å².